The van der Waals surface area contributed by atoms with Gasteiger partial charge in [-0.15, -0.1) is 0 Å². The fourth-order valence-corrected chi connectivity index (χ4v) is 2.39. The Labute approximate surface area is 120 Å². The first-order valence-electron chi connectivity index (χ1n) is 4.95. The van der Waals surface area contributed by atoms with Crippen LogP contribution in [0.3, 0.4) is 0 Å². The molecule has 11 heteroatoms. The zero-order valence-corrected chi connectivity index (χ0v) is 11.7. The maximum atomic E-state index is 11.2. The van der Waals surface area contributed by atoms with Gasteiger partial charge in [-0.3, -0.25) is 9.11 Å². The van der Waals surface area contributed by atoms with Gasteiger partial charge in [-0.25, -0.2) is 0 Å². The number of nitriles is 2. The molecule has 0 bridgehead atoms. The Morgan fingerprint density at radius 1 is 1.10 bits per heavy atom. The molecule has 0 unspecified atom stereocenters. The van der Waals surface area contributed by atoms with Gasteiger partial charge in [0.2, 0.25) is 0 Å². The molecule has 0 spiro atoms. The van der Waals surface area contributed by atoms with Crippen LogP contribution in [0.4, 0.5) is 5.69 Å². The molecule has 0 aromatic heterocycles. The van der Waals surface area contributed by atoms with Crippen molar-refractivity contribution in [2.75, 3.05) is 5.32 Å². The van der Waals surface area contributed by atoms with Gasteiger partial charge in [-0.1, -0.05) is 0 Å². The Kier molecular flexibility index (Phi) is 4.67. The maximum Gasteiger partial charge on any atom is 0.296 e. The standard InChI is InChI=1S/C10H7N3O6S2/c11-4-7(5-12)6-13-9-3-8(20(14,15)16)1-2-10(9)21(17,18)19/h1-3,6,13H,(H,14,15,16)(H,17,18,19). The molecule has 0 radical (unpaired) electrons. The van der Waals surface area contributed by atoms with Crippen LogP contribution in [0.5, 0.6) is 0 Å². The van der Waals surface area contributed by atoms with Crippen molar-refractivity contribution in [2.45, 2.75) is 9.79 Å². The highest BCUT2D eigenvalue weighted by Crippen LogP contribution is 2.25. The average molecular weight is 329 g/mol. The zero-order chi connectivity index (χ0) is 16.3. The van der Waals surface area contributed by atoms with Crippen LogP contribution >= 0.6 is 0 Å². The van der Waals surface area contributed by atoms with Crippen molar-refractivity contribution in [2.24, 2.45) is 0 Å². The first-order chi connectivity index (χ1) is 9.59. The van der Waals surface area contributed by atoms with Crippen LogP contribution < -0.4 is 5.32 Å². The molecule has 1 aromatic carbocycles. The topological polar surface area (TPSA) is 168 Å². The van der Waals surface area contributed by atoms with E-state index in [1.807, 2.05) is 0 Å². The van der Waals surface area contributed by atoms with Gasteiger partial charge in [0.15, 0.2) is 0 Å². The molecular weight excluding hydrogens is 322 g/mol. The van der Waals surface area contributed by atoms with Gasteiger partial charge in [0.25, 0.3) is 20.2 Å². The number of hydrogen-bond donors (Lipinski definition) is 3. The summed E-state index contributed by atoms with van der Waals surface area (Å²) in [5.41, 5.74) is -0.857. The zero-order valence-electron chi connectivity index (χ0n) is 10.0. The van der Waals surface area contributed by atoms with E-state index < -0.39 is 41.3 Å². The molecule has 9 nitrogen and oxygen atoms in total. The van der Waals surface area contributed by atoms with Crippen LogP contribution in [0.2, 0.25) is 0 Å². The van der Waals surface area contributed by atoms with Crippen LogP contribution in [0, 0.1) is 22.7 Å². The summed E-state index contributed by atoms with van der Waals surface area (Å²) in [6.45, 7) is 0. The van der Waals surface area contributed by atoms with Gasteiger partial charge in [0.1, 0.15) is 22.6 Å². The fraction of sp³-hybridized carbons (Fsp3) is 0. The molecular formula is C10H7N3O6S2. The van der Waals surface area contributed by atoms with E-state index >= 15 is 0 Å². The maximum absolute atomic E-state index is 11.2. The highest BCUT2D eigenvalue weighted by Gasteiger charge is 2.19. The van der Waals surface area contributed by atoms with Crippen molar-refractivity contribution in [3.63, 3.8) is 0 Å². The van der Waals surface area contributed by atoms with Crippen LogP contribution in [0.15, 0.2) is 39.8 Å². The number of nitrogens with one attached hydrogen (secondary N) is 1. The van der Waals surface area contributed by atoms with Crippen molar-refractivity contribution in [3.05, 3.63) is 30.0 Å². The minimum absolute atomic E-state index is 0.423. The second-order valence-electron chi connectivity index (χ2n) is 3.53. The Balaban J connectivity index is 3.49. The Bertz CT molecular complexity index is 872. The number of nitrogens with zero attached hydrogens (tertiary/aromatic N) is 2. The lowest BCUT2D eigenvalue weighted by Gasteiger charge is -2.08. The summed E-state index contributed by atoms with van der Waals surface area (Å²) >= 11 is 0. The summed E-state index contributed by atoms with van der Waals surface area (Å²) in [5.74, 6) is 0. The molecule has 1 rings (SSSR count). The molecule has 0 fully saturated rings. The van der Waals surface area contributed by atoms with Crippen LogP contribution in [0.1, 0.15) is 0 Å². The molecule has 110 valence electrons. The van der Waals surface area contributed by atoms with E-state index in [1.54, 1.807) is 0 Å². The highest BCUT2D eigenvalue weighted by molar-refractivity contribution is 7.86. The fourth-order valence-electron chi connectivity index (χ4n) is 1.25. The van der Waals surface area contributed by atoms with E-state index in [0.29, 0.717) is 0 Å². The molecule has 3 N–H and O–H groups in total. The van der Waals surface area contributed by atoms with Gasteiger partial charge in [-0.05, 0) is 18.2 Å². The summed E-state index contributed by atoms with van der Waals surface area (Å²) in [4.78, 5) is -1.33. The molecule has 0 atom stereocenters. The molecule has 0 amide bonds. The average Bonchev–Trinajstić information content (AvgIpc) is 2.37. The normalized spacial score (nSPS) is 11.0. The Hall–Kier alpha value is -2.44. The molecule has 1 aromatic rings. The van der Waals surface area contributed by atoms with Crippen molar-refractivity contribution in [1.29, 1.82) is 10.5 Å². The quantitative estimate of drug-likeness (QED) is 0.526. The lowest BCUT2D eigenvalue weighted by atomic mass is 10.3. The number of rotatable bonds is 4. The monoisotopic (exact) mass is 329 g/mol. The number of allylic oxidation sites excluding steroid dienone is 1. The summed E-state index contributed by atoms with van der Waals surface area (Å²) in [6.07, 6.45) is 0.817. The molecule has 0 saturated heterocycles. The summed E-state index contributed by atoms with van der Waals surface area (Å²) in [6, 6.07) is 5.20. The number of benzene rings is 1. The van der Waals surface area contributed by atoms with Gasteiger partial charge >= 0.3 is 0 Å². The number of anilines is 1. The van der Waals surface area contributed by atoms with E-state index in [1.165, 1.54) is 12.1 Å². The predicted molar refractivity (Wildman–Crippen MR) is 69.0 cm³/mol. The predicted octanol–water partition coefficient (Wildman–Crippen LogP) is 0.523. The molecule has 0 aliphatic carbocycles. The first-order valence-corrected chi connectivity index (χ1v) is 7.83. The Morgan fingerprint density at radius 3 is 2.10 bits per heavy atom. The Morgan fingerprint density at radius 2 is 1.67 bits per heavy atom. The van der Waals surface area contributed by atoms with E-state index in [2.05, 4.69) is 5.32 Å². The van der Waals surface area contributed by atoms with Crippen molar-refractivity contribution >= 4 is 25.9 Å². The highest BCUT2D eigenvalue weighted by atomic mass is 32.2. The second-order valence-corrected chi connectivity index (χ2v) is 6.35. The van der Waals surface area contributed by atoms with Gasteiger partial charge in [0, 0.05) is 6.20 Å². The third kappa shape index (κ3) is 4.27. The summed E-state index contributed by atoms with van der Waals surface area (Å²) in [7, 11) is -9.30. The minimum atomic E-state index is -4.69. The van der Waals surface area contributed by atoms with E-state index in [9.17, 15) is 16.8 Å². The lowest BCUT2D eigenvalue weighted by Crippen LogP contribution is -2.06. The SMILES string of the molecule is N#CC(C#N)=CNc1cc(S(=O)(=O)O)ccc1S(=O)(=O)O. The van der Waals surface area contributed by atoms with E-state index in [-0.39, 0.29) is 0 Å². The van der Waals surface area contributed by atoms with Gasteiger partial charge < -0.3 is 5.32 Å². The van der Waals surface area contributed by atoms with E-state index in [4.69, 9.17) is 19.6 Å². The minimum Gasteiger partial charge on any atom is -0.359 e. The van der Waals surface area contributed by atoms with Crippen molar-refractivity contribution < 1.29 is 25.9 Å². The molecule has 0 heterocycles. The van der Waals surface area contributed by atoms with Crippen LogP contribution in [-0.4, -0.2) is 25.9 Å². The number of hydrogen-bond acceptors (Lipinski definition) is 7. The molecule has 21 heavy (non-hydrogen) atoms. The van der Waals surface area contributed by atoms with E-state index in [0.717, 1.165) is 24.4 Å². The van der Waals surface area contributed by atoms with Crippen LogP contribution in [-0.2, 0) is 20.2 Å². The van der Waals surface area contributed by atoms with Crippen molar-refractivity contribution in [1.82, 2.24) is 0 Å². The van der Waals surface area contributed by atoms with Crippen molar-refractivity contribution in [3.8, 4) is 12.1 Å². The van der Waals surface area contributed by atoms with Crippen LogP contribution in [0.25, 0.3) is 0 Å². The second kappa shape index (κ2) is 5.90. The third-order valence-electron chi connectivity index (χ3n) is 2.14. The smallest absolute Gasteiger partial charge is 0.296 e. The first kappa shape index (κ1) is 16.6. The molecule has 0 aliphatic heterocycles. The van der Waals surface area contributed by atoms with Gasteiger partial charge in [-0.2, -0.15) is 27.4 Å². The molecule has 0 saturated carbocycles. The molecule has 0 aliphatic rings. The summed E-state index contributed by atoms with van der Waals surface area (Å²) in [5, 5.41) is 19.3. The lowest BCUT2D eigenvalue weighted by molar-refractivity contribution is 0.479. The summed E-state index contributed by atoms with van der Waals surface area (Å²) < 4.78 is 62.2. The third-order valence-corrected chi connectivity index (χ3v) is 3.90. The van der Waals surface area contributed by atoms with Gasteiger partial charge in [0.05, 0.1) is 10.6 Å². The largest absolute Gasteiger partial charge is 0.359 e.